The number of ether oxygens (including phenoxy) is 2. The van der Waals surface area contributed by atoms with Gasteiger partial charge in [-0.1, -0.05) is 0 Å². The van der Waals surface area contributed by atoms with Crippen LogP contribution < -0.4 is 88.7 Å². The van der Waals surface area contributed by atoms with Crippen molar-refractivity contribution in [2.45, 2.75) is 134 Å². The van der Waals surface area contributed by atoms with Gasteiger partial charge in [0.15, 0.2) is 6.61 Å². The molecule has 8 bridgehead atoms. The van der Waals surface area contributed by atoms with Crippen LogP contribution >= 0.6 is 0 Å². The summed E-state index contributed by atoms with van der Waals surface area (Å²) in [6, 6.07) is 0. The van der Waals surface area contributed by atoms with Gasteiger partial charge in [0.25, 0.3) is 11.8 Å². The van der Waals surface area contributed by atoms with E-state index in [0.29, 0.717) is 63.2 Å². The predicted molar refractivity (Wildman–Crippen MR) is 161 cm³/mol. The molecule has 0 heterocycles. The second-order valence-corrected chi connectivity index (χ2v) is 15.7. The number of aliphatic hydroxyl groups excluding tert-OH is 1. The molecule has 51 heavy (non-hydrogen) atoms. The third kappa shape index (κ3) is 14.7. The molecule has 0 saturated heterocycles. The Kier molecular flexibility index (Phi) is 19.7. The molecule has 8 aliphatic carbocycles. The van der Waals surface area contributed by atoms with Gasteiger partial charge in [-0.25, -0.2) is 22.4 Å². The number of esters is 2. The summed E-state index contributed by atoms with van der Waals surface area (Å²) in [5, 5.41) is 37.7. The van der Waals surface area contributed by atoms with Gasteiger partial charge >= 0.3 is 113 Å². The fourth-order valence-electron chi connectivity index (χ4n) is 9.52. The van der Waals surface area contributed by atoms with Crippen molar-refractivity contribution in [3.8, 4) is 0 Å². The summed E-state index contributed by atoms with van der Waals surface area (Å²) in [7, 11) is 0. The first kappa shape index (κ1) is 51.9. The first-order chi connectivity index (χ1) is 21.8. The summed E-state index contributed by atoms with van der Waals surface area (Å²) < 4.78 is 80.5. The third-order valence-corrected chi connectivity index (χ3v) is 10.3. The number of aliphatic carboxylic acids is 1. The van der Waals surface area contributed by atoms with Crippen LogP contribution in [0.3, 0.4) is 0 Å². The first-order valence-electron chi connectivity index (χ1n) is 16.5. The number of rotatable bonds is 7. The molecule has 9 nitrogen and oxygen atoms in total. The maximum Gasteiger partial charge on any atom is 1.00 e. The Balaban J connectivity index is -0.000000658. The number of aliphatic hydroxyl groups is 3. The largest absolute Gasteiger partial charge is 1.00 e. The van der Waals surface area contributed by atoms with Crippen LogP contribution in [-0.2, 0) is 23.9 Å². The Labute approximate surface area is 364 Å². The summed E-state index contributed by atoms with van der Waals surface area (Å²) >= 11 is 0. The minimum absolute atomic E-state index is 0. The van der Waals surface area contributed by atoms with Gasteiger partial charge in [-0.2, -0.15) is 8.78 Å². The number of carbonyl (C=O) groups excluding carboxylic acids is 2. The van der Waals surface area contributed by atoms with Crippen LogP contribution in [-0.4, -0.2) is 87.1 Å². The van der Waals surface area contributed by atoms with E-state index < -0.39 is 70.9 Å². The van der Waals surface area contributed by atoms with Crippen molar-refractivity contribution in [2.75, 3.05) is 19.8 Å². The predicted octanol–water partition coefficient (Wildman–Crippen LogP) is -3.01. The number of carboxylic acid groups (broad SMARTS) is 1. The van der Waals surface area contributed by atoms with E-state index in [1.807, 2.05) is 0 Å². The van der Waals surface area contributed by atoms with Gasteiger partial charge < -0.3 is 32.8 Å². The van der Waals surface area contributed by atoms with Crippen molar-refractivity contribution in [1.82, 2.24) is 0 Å². The van der Waals surface area contributed by atoms with Gasteiger partial charge in [0.2, 0.25) is 0 Å². The summed E-state index contributed by atoms with van der Waals surface area (Å²) in [6.45, 7) is 1.45. The number of halogens is 6. The molecular formula is C33H52F6Na3O9+. The molecule has 0 aromatic carbocycles. The molecular weight excluding hydrogens is 723 g/mol. The Morgan fingerprint density at radius 3 is 1.29 bits per heavy atom. The van der Waals surface area contributed by atoms with Crippen molar-refractivity contribution in [3.63, 3.8) is 0 Å². The fourth-order valence-corrected chi connectivity index (χ4v) is 9.52. The van der Waals surface area contributed by atoms with Crippen LogP contribution in [0, 0.1) is 34.5 Å². The Hall–Kier alpha value is 0.870. The molecule has 8 fully saturated rings. The first-order valence-corrected chi connectivity index (χ1v) is 16.5. The van der Waals surface area contributed by atoms with Crippen LogP contribution in [0.2, 0.25) is 0 Å². The van der Waals surface area contributed by atoms with E-state index in [1.165, 1.54) is 6.92 Å². The Bertz CT molecular complexity index is 1160. The number of hydrogen-bond acceptors (Lipinski definition) is 8. The molecule has 0 spiro atoms. The molecule has 8 rings (SSSR count). The topological polar surface area (TPSA) is 151 Å². The normalized spacial score (nSPS) is 35.0. The van der Waals surface area contributed by atoms with E-state index in [1.54, 1.807) is 0 Å². The quantitative estimate of drug-likeness (QED) is 0.121. The monoisotopic (exact) mass is 775 g/mol. The van der Waals surface area contributed by atoms with E-state index in [4.69, 9.17) is 9.84 Å². The number of carboxylic acids is 1. The van der Waals surface area contributed by atoms with Gasteiger partial charge in [0, 0.05) is 20.8 Å². The van der Waals surface area contributed by atoms with Gasteiger partial charge in [0.05, 0.1) is 28.6 Å². The molecule has 0 radical (unpaired) electrons. The van der Waals surface area contributed by atoms with Crippen molar-refractivity contribution < 1.29 is 162 Å². The van der Waals surface area contributed by atoms with Gasteiger partial charge in [-0.05, 0) is 108 Å². The third-order valence-electron chi connectivity index (χ3n) is 10.3. The molecule has 0 aromatic heterocycles. The van der Waals surface area contributed by atoms with E-state index >= 15 is 0 Å². The summed E-state index contributed by atoms with van der Waals surface area (Å²) in [4.78, 5) is 33.6. The van der Waals surface area contributed by atoms with Gasteiger partial charge in [-0.15, -0.1) is 0 Å². The number of carbonyl (C=O) groups is 3. The molecule has 0 aliphatic heterocycles. The molecule has 8 saturated carbocycles. The van der Waals surface area contributed by atoms with E-state index in [0.717, 1.165) is 58.3 Å². The average molecular weight is 776 g/mol. The van der Waals surface area contributed by atoms with Crippen LogP contribution in [0.1, 0.15) is 108 Å². The zero-order valence-electron chi connectivity index (χ0n) is 33.0. The molecule has 4 unspecified atom stereocenters. The zero-order chi connectivity index (χ0) is 36.6. The molecule has 0 aromatic rings. The molecule has 0 amide bonds. The van der Waals surface area contributed by atoms with Gasteiger partial charge in [-0.3, -0.25) is 9.59 Å². The van der Waals surface area contributed by atoms with Crippen LogP contribution in [0.25, 0.3) is 0 Å². The second-order valence-electron chi connectivity index (χ2n) is 15.7. The van der Waals surface area contributed by atoms with E-state index in [2.05, 4.69) is 4.74 Å². The smallest absolute Gasteiger partial charge is 1.00 e. The SMILES string of the molecule is CC(F)(F)CO.CC(F)(F)COC(=O)C12CC3CC(CC(O)(C3)C1)C2.CCOC(=O)C(C)(F)F.O=C(O)C12CC3CC(CC(O)(C3)C1)C2.[H-].[H-].[Na+].[Na+].[Na+]. The van der Waals surface area contributed by atoms with Crippen LogP contribution in [0.15, 0.2) is 0 Å². The fraction of sp³-hybridized carbons (Fsp3) is 0.909. The molecule has 282 valence electrons. The van der Waals surface area contributed by atoms with Gasteiger partial charge in [0.1, 0.15) is 6.61 Å². The minimum atomic E-state index is -3.35. The number of hydrogen-bond donors (Lipinski definition) is 4. The minimum Gasteiger partial charge on any atom is -1.00 e. The maximum atomic E-state index is 12.8. The Morgan fingerprint density at radius 1 is 0.686 bits per heavy atom. The number of alkyl halides is 6. The van der Waals surface area contributed by atoms with Crippen LogP contribution in [0.5, 0.6) is 0 Å². The summed E-state index contributed by atoms with van der Waals surface area (Å²) in [5.74, 6) is -10.3. The second kappa shape index (κ2) is 19.3. The van der Waals surface area contributed by atoms with Crippen molar-refractivity contribution in [3.05, 3.63) is 0 Å². The maximum absolute atomic E-state index is 12.8. The van der Waals surface area contributed by atoms with Crippen molar-refractivity contribution in [1.29, 1.82) is 0 Å². The van der Waals surface area contributed by atoms with E-state index in [9.17, 15) is 56.0 Å². The summed E-state index contributed by atoms with van der Waals surface area (Å²) in [6.07, 6.45) is 9.30. The molecule has 18 heteroatoms. The standard InChI is InChI=1S/C14H20F2O3.C11H16O3.C5H8F2O2.C3H6F2O.3Na.2H/c1-12(15,16)8-19-11(17)13-3-9-2-10(4-13)6-14(18,5-9)7-13;12-9(13)10-2-7-1-8(3-10)5-11(14,4-7)6-10;1-3-9-4(8)5(2,6)7;1-3(4,5)2-6;;;;;/h9-10,18H,2-8H2,1H3;7-8,14H,1-6H2,(H,12,13);3H2,1-2H3;6H,2H2,1H3;;;;;/q;;;;3*+1;2*-1. The molecule has 8 aliphatic rings. The van der Waals surface area contributed by atoms with E-state index in [-0.39, 0.29) is 98.1 Å². The molecule has 4 atom stereocenters. The van der Waals surface area contributed by atoms with Crippen LogP contribution in [0.4, 0.5) is 26.3 Å². The van der Waals surface area contributed by atoms with Crippen molar-refractivity contribution in [2.24, 2.45) is 34.5 Å². The Morgan fingerprint density at radius 2 is 1.04 bits per heavy atom. The summed E-state index contributed by atoms with van der Waals surface area (Å²) in [5.41, 5.74) is -2.68. The molecule has 4 N–H and O–H groups in total. The van der Waals surface area contributed by atoms with Crippen molar-refractivity contribution >= 4 is 17.9 Å². The zero-order valence-corrected chi connectivity index (χ0v) is 37.0. The average Bonchev–Trinajstić information content (AvgIpc) is 2.89.